The molecule has 168 valence electrons. The first-order chi connectivity index (χ1) is 16.6. The second-order valence-corrected chi connectivity index (χ2v) is 8.78. The molecule has 7 nitrogen and oxygen atoms in total. The Balaban J connectivity index is 1.30. The largest absolute Gasteiger partial charge is 0.361 e. The Labute approximate surface area is 200 Å². The lowest BCUT2D eigenvalue weighted by molar-refractivity contribution is 0.998. The smallest absolute Gasteiger partial charge is 0.225 e. The van der Waals surface area contributed by atoms with Gasteiger partial charge in [0.15, 0.2) is 0 Å². The second kappa shape index (κ2) is 8.35. The Bertz CT molecular complexity index is 1650. The van der Waals surface area contributed by atoms with E-state index in [0.717, 1.165) is 45.0 Å². The van der Waals surface area contributed by atoms with Gasteiger partial charge in [-0.3, -0.25) is 5.10 Å². The molecule has 4 N–H and O–H groups in total. The topological polar surface area (TPSA) is 94.3 Å². The number of nitrogens with zero attached hydrogens (tertiary/aromatic N) is 3. The van der Waals surface area contributed by atoms with Crippen molar-refractivity contribution in [3.05, 3.63) is 83.1 Å². The summed E-state index contributed by atoms with van der Waals surface area (Å²) in [5.74, 6) is 1.27. The minimum Gasteiger partial charge on any atom is -0.361 e. The van der Waals surface area contributed by atoms with E-state index in [2.05, 4.69) is 69.3 Å². The number of halogens is 1. The summed E-state index contributed by atoms with van der Waals surface area (Å²) < 4.78 is 0. The van der Waals surface area contributed by atoms with Crippen LogP contribution in [0.1, 0.15) is 11.1 Å². The summed E-state index contributed by atoms with van der Waals surface area (Å²) in [6.45, 7) is 2.76. The Morgan fingerprint density at radius 1 is 1.00 bits per heavy atom. The number of benzene rings is 3. The van der Waals surface area contributed by atoms with Crippen LogP contribution in [0.15, 0.2) is 67.0 Å². The third kappa shape index (κ3) is 3.80. The molecule has 6 rings (SSSR count). The van der Waals surface area contributed by atoms with Gasteiger partial charge >= 0.3 is 0 Å². The number of aromatic amines is 2. The van der Waals surface area contributed by atoms with Gasteiger partial charge in [0.25, 0.3) is 0 Å². The molecule has 8 heteroatoms. The number of H-pyrrole nitrogens is 2. The fraction of sp³-hybridized carbons (Fsp3) is 0.115. The standard InChI is InChI=1S/C26H22ClN7/c1-15-10-19(11-17-14-30-34-24(15)17)31-25-21-12-18(27)6-7-23(21)32-26(33-25)28-9-8-16-13-29-22-5-3-2-4-20(16)22/h2-7,10-14,29H,8-9H2,1H3,(H,30,34)(H2,28,31,32,33). The molecule has 0 unspecified atom stereocenters. The molecule has 3 aromatic carbocycles. The summed E-state index contributed by atoms with van der Waals surface area (Å²) in [4.78, 5) is 12.8. The Morgan fingerprint density at radius 2 is 1.91 bits per heavy atom. The summed E-state index contributed by atoms with van der Waals surface area (Å²) in [6, 6.07) is 18.1. The fourth-order valence-corrected chi connectivity index (χ4v) is 4.54. The molecule has 0 aliphatic carbocycles. The molecule has 3 heterocycles. The van der Waals surface area contributed by atoms with Crippen molar-refractivity contribution in [2.75, 3.05) is 17.2 Å². The van der Waals surface area contributed by atoms with Crippen LogP contribution in [0.2, 0.25) is 5.02 Å². The van der Waals surface area contributed by atoms with E-state index in [1.54, 1.807) is 0 Å². The van der Waals surface area contributed by atoms with Gasteiger partial charge in [-0.15, -0.1) is 0 Å². The van der Waals surface area contributed by atoms with Crippen LogP contribution in [0.25, 0.3) is 32.7 Å². The van der Waals surface area contributed by atoms with Crippen LogP contribution < -0.4 is 10.6 Å². The maximum Gasteiger partial charge on any atom is 0.225 e. The molecule has 0 atom stereocenters. The molecular weight excluding hydrogens is 446 g/mol. The molecule has 0 amide bonds. The Morgan fingerprint density at radius 3 is 2.85 bits per heavy atom. The highest BCUT2D eigenvalue weighted by Crippen LogP contribution is 2.30. The molecule has 0 fully saturated rings. The van der Waals surface area contributed by atoms with E-state index < -0.39 is 0 Å². The molecule has 6 aromatic rings. The number of anilines is 3. The molecule has 0 radical (unpaired) electrons. The van der Waals surface area contributed by atoms with Crippen LogP contribution in [0.5, 0.6) is 0 Å². The summed E-state index contributed by atoms with van der Waals surface area (Å²) in [5, 5.41) is 17.8. The molecule has 0 aliphatic rings. The first kappa shape index (κ1) is 20.5. The summed E-state index contributed by atoms with van der Waals surface area (Å²) >= 11 is 6.30. The van der Waals surface area contributed by atoms with Gasteiger partial charge in [-0.2, -0.15) is 10.1 Å². The van der Waals surface area contributed by atoms with E-state index in [9.17, 15) is 0 Å². The molecule has 0 spiro atoms. The van der Waals surface area contributed by atoms with Gasteiger partial charge in [0, 0.05) is 45.1 Å². The zero-order chi connectivity index (χ0) is 23.1. The predicted molar refractivity (Wildman–Crippen MR) is 139 cm³/mol. The average Bonchev–Trinajstić information content (AvgIpc) is 3.47. The zero-order valence-corrected chi connectivity index (χ0v) is 19.2. The second-order valence-electron chi connectivity index (χ2n) is 8.35. The predicted octanol–water partition coefficient (Wildman–Crippen LogP) is 6.35. The number of hydrogen-bond acceptors (Lipinski definition) is 5. The van der Waals surface area contributed by atoms with Crippen LogP contribution in [-0.2, 0) is 6.42 Å². The molecule has 3 aromatic heterocycles. The van der Waals surface area contributed by atoms with Crippen LogP contribution >= 0.6 is 11.6 Å². The van der Waals surface area contributed by atoms with Crippen molar-refractivity contribution >= 4 is 61.8 Å². The van der Waals surface area contributed by atoms with Crippen LogP contribution in [0, 0.1) is 6.92 Å². The fourth-order valence-electron chi connectivity index (χ4n) is 4.37. The van der Waals surface area contributed by atoms with E-state index in [-0.39, 0.29) is 0 Å². The van der Waals surface area contributed by atoms with E-state index >= 15 is 0 Å². The summed E-state index contributed by atoms with van der Waals surface area (Å²) in [5.41, 5.74) is 6.28. The van der Waals surface area contributed by atoms with E-state index in [1.165, 1.54) is 10.9 Å². The highest BCUT2D eigenvalue weighted by atomic mass is 35.5. The van der Waals surface area contributed by atoms with E-state index in [4.69, 9.17) is 21.6 Å². The summed E-state index contributed by atoms with van der Waals surface area (Å²) in [7, 11) is 0. The number of aryl methyl sites for hydroxylation is 1. The lowest BCUT2D eigenvalue weighted by Crippen LogP contribution is -2.09. The molecule has 0 saturated heterocycles. The van der Waals surface area contributed by atoms with Gasteiger partial charge in [-0.1, -0.05) is 29.8 Å². The SMILES string of the molecule is Cc1cc(Nc2nc(NCCc3c[nH]c4ccccc34)nc3ccc(Cl)cc23)cc2cn[nH]c12. The summed E-state index contributed by atoms with van der Waals surface area (Å²) in [6.07, 6.45) is 4.74. The third-order valence-corrected chi connectivity index (χ3v) is 6.25. The maximum absolute atomic E-state index is 6.30. The minimum absolute atomic E-state index is 0.568. The maximum atomic E-state index is 6.30. The van der Waals surface area contributed by atoms with Crippen molar-refractivity contribution in [3.8, 4) is 0 Å². The van der Waals surface area contributed by atoms with Gasteiger partial charge in [0.1, 0.15) is 5.82 Å². The number of nitrogens with one attached hydrogen (secondary N) is 4. The van der Waals surface area contributed by atoms with Crippen molar-refractivity contribution < 1.29 is 0 Å². The number of aromatic nitrogens is 5. The first-order valence-electron chi connectivity index (χ1n) is 11.1. The quantitative estimate of drug-likeness (QED) is 0.229. The van der Waals surface area contributed by atoms with E-state index in [0.29, 0.717) is 23.3 Å². The van der Waals surface area contributed by atoms with Gasteiger partial charge in [-0.25, -0.2) is 4.98 Å². The van der Waals surface area contributed by atoms with Gasteiger partial charge in [0.2, 0.25) is 5.95 Å². The lowest BCUT2D eigenvalue weighted by Gasteiger charge is -2.13. The van der Waals surface area contributed by atoms with Crippen LogP contribution in [0.4, 0.5) is 17.5 Å². The first-order valence-corrected chi connectivity index (χ1v) is 11.5. The van der Waals surface area contributed by atoms with Crippen molar-refractivity contribution in [2.45, 2.75) is 13.3 Å². The van der Waals surface area contributed by atoms with Gasteiger partial charge < -0.3 is 15.6 Å². The number of fused-ring (bicyclic) bond motifs is 3. The van der Waals surface area contributed by atoms with Crippen LogP contribution in [0.3, 0.4) is 0 Å². The van der Waals surface area contributed by atoms with Crippen LogP contribution in [-0.4, -0.2) is 31.7 Å². The molecule has 34 heavy (non-hydrogen) atoms. The highest BCUT2D eigenvalue weighted by Gasteiger charge is 2.11. The third-order valence-electron chi connectivity index (χ3n) is 6.02. The van der Waals surface area contributed by atoms with Crippen molar-refractivity contribution in [2.24, 2.45) is 0 Å². The van der Waals surface area contributed by atoms with E-state index in [1.807, 2.05) is 30.5 Å². The number of para-hydroxylation sites is 1. The molecule has 0 saturated carbocycles. The highest BCUT2D eigenvalue weighted by molar-refractivity contribution is 6.31. The zero-order valence-electron chi connectivity index (χ0n) is 18.5. The van der Waals surface area contributed by atoms with Gasteiger partial charge in [-0.05, 0) is 60.9 Å². The monoisotopic (exact) mass is 467 g/mol. The van der Waals surface area contributed by atoms with Crippen molar-refractivity contribution in [1.29, 1.82) is 0 Å². The lowest BCUT2D eigenvalue weighted by atomic mass is 10.1. The van der Waals surface area contributed by atoms with Crippen molar-refractivity contribution in [1.82, 2.24) is 25.1 Å². The average molecular weight is 468 g/mol. The molecular formula is C26H22ClN7. The Hall–Kier alpha value is -4.10. The number of hydrogen-bond donors (Lipinski definition) is 4. The number of rotatable bonds is 6. The molecule has 0 bridgehead atoms. The molecule has 0 aliphatic heterocycles. The van der Waals surface area contributed by atoms with Crippen molar-refractivity contribution in [3.63, 3.8) is 0 Å². The Kier molecular flexibility index (Phi) is 5.04. The normalized spacial score (nSPS) is 11.5. The van der Waals surface area contributed by atoms with Gasteiger partial charge in [0.05, 0.1) is 17.2 Å². The minimum atomic E-state index is 0.568.